The predicted octanol–water partition coefficient (Wildman–Crippen LogP) is 1.87. The Kier molecular flexibility index (Phi) is 6.31. The number of nitro groups is 1. The lowest BCUT2D eigenvalue weighted by molar-refractivity contribution is -0.390. The van der Waals surface area contributed by atoms with E-state index >= 15 is 0 Å². The quantitative estimate of drug-likeness (QED) is 0.546. The first kappa shape index (κ1) is 21.3. The molecular weight excluding hydrogens is 388 g/mol. The molecule has 0 atom stereocenters. The molecule has 10 nitrogen and oxygen atoms in total. The standard InChI is InChI=1S/C17H20N4O6S/c1-11-5-7-13(28(25,26)20(3)4)9-14(11)19-16(22)10-27-15-8-6-12(2)18-17(15)21(23)24/h5-9H,10H2,1-4H3,(H,19,22). The number of nitrogens with one attached hydrogen (secondary N) is 1. The Morgan fingerprint density at radius 3 is 2.54 bits per heavy atom. The minimum Gasteiger partial charge on any atom is -0.476 e. The fraction of sp³-hybridized carbons (Fsp3) is 0.294. The van der Waals surface area contributed by atoms with Crippen LogP contribution in [0.25, 0.3) is 0 Å². The van der Waals surface area contributed by atoms with Gasteiger partial charge in [0.15, 0.2) is 6.61 Å². The normalized spacial score (nSPS) is 11.3. The molecule has 0 spiro atoms. The maximum Gasteiger partial charge on any atom is 0.406 e. The fourth-order valence-corrected chi connectivity index (χ4v) is 3.14. The molecule has 0 saturated carbocycles. The minimum absolute atomic E-state index is 0.0256. The number of benzene rings is 1. The minimum atomic E-state index is -3.66. The summed E-state index contributed by atoms with van der Waals surface area (Å²) in [6.45, 7) is 2.80. The molecule has 0 saturated heterocycles. The summed E-state index contributed by atoms with van der Waals surface area (Å²) in [5, 5.41) is 13.6. The number of sulfonamides is 1. The monoisotopic (exact) mass is 408 g/mol. The van der Waals surface area contributed by atoms with Crippen molar-refractivity contribution >= 4 is 27.4 Å². The van der Waals surface area contributed by atoms with Crippen LogP contribution in [0.1, 0.15) is 11.3 Å². The summed E-state index contributed by atoms with van der Waals surface area (Å²) in [5.74, 6) is -1.22. The molecule has 2 aromatic rings. The van der Waals surface area contributed by atoms with Crippen molar-refractivity contribution in [2.75, 3.05) is 26.0 Å². The van der Waals surface area contributed by atoms with Crippen molar-refractivity contribution in [3.8, 4) is 5.75 Å². The van der Waals surface area contributed by atoms with Gasteiger partial charge in [0, 0.05) is 26.7 Å². The second-order valence-electron chi connectivity index (χ2n) is 6.13. The SMILES string of the molecule is Cc1ccc(OCC(=O)Nc2cc(S(=O)(=O)N(C)C)ccc2C)c([N+](=O)[O-])n1. The third-order valence-electron chi connectivity index (χ3n) is 3.77. The van der Waals surface area contributed by atoms with E-state index in [1.54, 1.807) is 19.9 Å². The fourth-order valence-electron chi connectivity index (χ4n) is 2.21. The Hall–Kier alpha value is -3.05. The molecule has 1 N–H and O–H groups in total. The smallest absolute Gasteiger partial charge is 0.406 e. The van der Waals surface area contributed by atoms with Crippen LogP contribution in [0.2, 0.25) is 0 Å². The number of aromatic nitrogens is 1. The molecular formula is C17H20N4O6S. The Labute approximate surface area is 162 Å². The molecule has 0 fully saturated rings. The first-order valence-corrected chi connectivity index (χ1v) is 9.54. The zero-order valence-corrected chi connectivity index (χ0v) is 16.6. The largest absolute Gasteiger partial charge is 0.476 e. The Morgan fingerprint density at radius 1 is 1.25 bits per heavy atom. The molecule has 0 aliphatic heterocycles. The second kappa shape index (κ2) is 8.31. The first-order valence-electron chi connectivity index (χ1n) is 8.10. The maximum atomic E-state index is 12.2. The van der Waals surface area contributed by atoms with E-state index in [1.807, 2.05) is 0 Å². The molecule has 1 aromatic carbocycles. The number of carbonyl (C=O) groups is 1. The molecule has 1 amide bonds. The number of aryl methyl sites for hydroxylation is 2. The van der Waals surface area contributed by atoms with E-state index < -0.39 is 33.3 Å². The molecule has 150 valence electrons. The third kappa shape index (κ3) is 4.81. The maximum absolute atomic E-state index is 12.2. The Balaban J connectivity index is 2.15. The summed E-state index contributed by atoms with van der Waals surface area (Å²) >= 11 is 0. The zero-order valence-electron chi connectivity index (χ0n) is 15.8. The number of nitrogens with zero attached hydrogens (tertiary/aromatic N) is 3. The van der Waals surface area contributed by atoms with E-state index in [2.05, 4.69) is 10.3 Å². The zero-order chi connectivity index (χ0) is 21.1. The van der Waals surface area contributed by atoms with Crippen LogP contribution in [-0.4, -0.2) is 49.2 Å². The van der Waals surface area contributed by atoms with E-state index in [4.69, 9.17) is 4.74 Å². The predicted molar refractivity (Wildman–Crippen MR) is 102 cm³/mol. The van der Waals surface area contributed by atoms with Crippen LogP contribution in [-0.2, 0) is 14.8 Å². The second-order valence-corrected chi connectivity index (χ2v) is 8.28. The lowest BCUT2D eigenvalue weighted by atomic mass is 10.2. The summed E-state index contributed by atoms with van der Waals surface area (Å²) in [4.78, 5) is 26.3. The molecule has 2 rings (SSSR count). The van der Waals surface area contributed by atoms with Crippen LogP contribution in [0.5, 0.6) is 5.75 Å². The number of ether oxygens (including phenoxy) is 1. The van der Waals surface area contributed by atoms with Crippen LogP contribution in [0, 0.1) is 24.0 Å². The van der Waals surface area contributed by atoms with Crippen molar-refractivity contribution in [2.45, 2.75) is 18.7 Å². The average Bonchev–Trinajstić information content (AvgIpc) is 2.62. The third-order valence-corrected chi connectivity index (χ3v) is 5.58. The number of hydrogen-bond acceptors (Lipinski definition) is 7. The lowest BCUT2D eigenvalue weighted by Gasteiger charge is -2.14. The van der Waals surface area contributed by atoms with Crippen LogP contribution >= 0.6 is 0 Å². The summed E-state index contributed by atoms with van der Waals surface area (Å²) in [6.07, 6.45) is 0. The van der Waals surface area contributed by atoms with Crippen molar-refractivity contribution in [3.05, 3.63) is 51.7 Å². The topological polar surface area (TPSA) is 132 Å². The highest BCUT2D eigenvalue weighted by atomic mass is 32.2. The van der Waals surface area contributed by atoms with Crippen LogP contribution in [0.4, 0.5) is 11.5 Å². The van der Waals surface area contributed by atoms with Gasteiger partial charge in [-0.05, 0) is 46.7 Å². The number of amides is 1. The van der Waals surface area contributed by atoms with Crippen LogP contribution < -0.4 is 10.1 Å². The van der Waals surface area contributed by atoms with Gasteiger partial charge in [-0.3, -0.25) is 4.79 Å². The van der Waals surface area contributed by atoms with Gasteiger partial charge in [0.1, 0.15) is 5.69 Å². The summed E-state index contributed by atoms with van der Waals surface area (Å²) < 4.78 is 30.8. The van der Waals surface area contributed by atoms with Crippen LogP contribution in [0.3, 0.4) is 0 Å². The van der Waals surface area contributed by atoms with Gasteiger partial charge in [0.2, 0.25) is 15.8 Å². The Morgan fingerprint density at radius 2 is 1.93 bits per heavy atom. The van der Waals surface area contributed by atoms with E-state index in [9.17, 15) is 23.3 Å². The van der Waals surface area contributed by atoms with Crippen molar-refractivity contribution in [2.24, 2.45) is 0 Å². The molecule has 11 heteroatoms. The molecule has 1 heterocycles. The van der Waals surface area contributed by atoms with E-state index in [0.29, 0.717) is 16.9 Å². The van der Waals surface area contributed by atoms with Gasteiger partial charge < -0.3 is 20.2 Å². The molecule has 0 aliphatic carbocycles. The lowest BCUT2D eigenvalue weighted by Crippen LogP contribution is -2.23. The van der Waals surface area contributed by atoms with Gasteiger partial charge in [0.05, 0.1) is 4.90 Å². The van der Waals surface area contributed by atoms with Gasteiger partial charge >= 0.3 is 5.82 Å². The van der Waals surface area contributed by atoms with Gasteiger partial charge in [-0.25, -0.2) is 12.7 Å². The van der Waals surface area contributed by atoms with Gasteiger partial charge in [-0.15, -0.1) is 0 Å². The van der Waals surface area contributed by atoms with E-state index in [0.717, 1.165) is 4.31 Å². The van der Waals surface area contributed by atoms with E-state index in [-0.39, 0.29) is 10.6 Å². The van der Waals surface area contributed by atoms with Gasteiger partial charge in [-0.2, -0.15) is 0 Å². The summed E-state index contributed by atoms with van der Waals surface area (Å²) in [6, 6.07) is 7.25. The molecule has 0 radical (unpaired) electrons. The van der Waals surface area contributed by atoms with Crippen molar-refractivity contribution in [3.63, 3.8) is 0 Å². The molecule has 0 unspecified atom stereocenters. The van der Waals surface area contributed by atoms with Crippen molar-refractivity contribution < 1.29 is 22.9 Å². The van der Waals surface area contributed by atoms with Crippen LogP contribution in [0.15, 0.2) is 35.2 Å². The number of pyridine rings is 1. The Bertz CT molecular complexity index is 1020. The van der Waals surface area contributed by atoms with Gasteiger partial charge in [-0.1, -0.05) is 6.07 Å². The molecule has 28 heavy (non-hydrogen) atoms. The van der Waals surface area contributed by atoms with Crippen molar-refractivity contribution in [1.29, 1.82) is 0 Å². The highest BCUT2D eigenvalue weighted by molar-refractivity contribution is 7.89. The number of anilines is 1. The number of hydrogen-bond donors (Lipinski definition) is 1. The highest BCUT2D eigenvalue weighted by Crippen LogP contribution is 2.25. The van der Waals surface area contributed by atoms with Gasteiger partial charge in [0.25, 0.3) is 5.91 Å². The van der Waals surface area contributed by atoms with E-state index in [1.165, 1.54) is 38.4 Å². The summed E-state index contributed by atoms with van der Waals surface area (Å²) in [7, 11) is -0.846. The first-order chi connectivity index (χ1) is 13.0. The highest BCUT2D eigenvalue weighted by Gasteiger charge is 2.20. The molecule has 1 aromatic heterocycles. The molecule has 0 bridgehead atoms. The summed E-state index contributed by atoms with van der Waals surface area (Å²) in [5.41, 5.74) is 1.39. The number of carbonyl (C=O) groups excluding carboxylic acids is 1. The van der Waals surface area contributed by atoms with Crippen molar-refractivity contribution in [1.82, 2.24) is 9.29 Å². The molecule has 0 aliphatic rings. The number of rotatable bonds is 7. The average molecular weight is 408 g/mol.